The standard InChI is InChI=1S/C28H43NO5.C8H12.C2H6/c1-28(2,3)34-27(30)29-19-22-31-20-11-6-4-5-7-12-21-32-25-15-17-26(18-16-25)33-23-24-13-9-8-10-14-24;1-2-8-6-4-3-5-7-8;1-2/h9,13-18H,4-8,10-12,19-23H2,1-3H3,(H,29,30);4,6-7H,2-3,5H2,1H3;1-2H3. The van der Waals surface area contributed by atoms with Crippen molar-refractivity contribution in [3.8, 4) is 11.5 Å². The van der Waals surface area contributed by atoms with E-state index in [0.717, 1.165) is 56.8 Å². The average Bonchev–Trinajstić information content (AvgIpc) is 3.04. The molecule has 0 saturated carbocycles. The van der Waals surface area contributed by atoms with Crippen molar-refractivity contribution in [2.45, 2.75) is 118 Å². The molecule has 1 aromatic rings. The molecule has 6 nitrogen and oxygen atoms in total. The lowest BCUT2D eigenvalue weighted by Gasteiger charge is -2.19. The monoisotopic (exact) mass is 611 g/mol. The number of carbonyl (C=O) groups is 1. The van der Waals surface area contributed by atoms with Crippen LogP contribution < -0.4 is 14.8 Å². The van der Waals surface area contributed by atoms with Gasteiger partial charge in [-0.25, -0.2) is 4.79 Å². The predicted octanol–water partition coefficient (Wildman–Crippen LogP) is 10.3. The summed E-state index contributed by atoms with van der Waals surface area (Å²) in [6.07, 6.45) is 25.7. The van der Waals surface area contributed by atoms with Crippen LogP contribution in [0.2, 0.25) is 0 Å². The number of hydrogen-bond donors (Lipinski definition) is 1. The summed E-state index contributed by atoms with van der Waals surface area (Å²) in [5.74, 6) is 1.76. The number of benzene rings is 1. The molecule has 6 heteroatoms. The van der Waals surface area contributed by atoms with E-state index in [4.69, 9.17) is 18.9 Å². The van der Waals surface area contributed by atoms with Crippen LogP contribution in [-0.2, 0) is 9.47 Å². The van der Waals surface area contributed by atoms with Crippen LogP contribution in [0.1, 0.15) is 112 Å². The molecule has 1 amide bonds. The Hall–Kier alpha value is -2.99. The van der Waals surface area contributed by atoms with Crippen LogP contribution >= 0.6 is 0 Å². The highest BCUT2D eigenvalue weighted by Gasteiger charge is 2.15. The summed E-state index contributed by atoms with van der Waals surface area (Å²) in [6.45, 7) is 14.8. The molecule has 0 saturated heterocycles. The van der Waals surface area contributed by atoms with Crippen molar-refractivity contribution in [2.24, 2.45) is 0 Å². The van der Waals surface area contributed by atoms with Crippen molar-refractivity contribution in [3.63, 3.8) is 0 Å². The summed E-state index contributed by atoms with van der Waals surface area (Å²) in [5, 5.41) is 2.69. The van der Waals surface area contributed by atoms with Crippen LogP contribution in [0.15, 0.2) is 71.9 Å². The molecule has 2 aliphatic carbocycles. The fraction of sp³-hybridized carbons (Fsp3) is 0.605. The maximum atomic E-state index is 11.5. The van der Waals surface area contributed by atoms with Crippen molar-refractivity contribution in [1.82, 2.24) is 5.32 Å². The summed E-state index contributed by atoms with van der Waals surface area (Å²) < 4.78 is 22.4. The highest BCUT2D eigenvalue weighted by molar-refractivity contribution is 5.67. The normalized spacial score (nSPS) is 13.8. The smallest absolute Gasteiger partial charge is 0.407 e. The van der Waals surface area contributed by atoms with Gasteiger partial charge in [-0.3, -0.25) is 0 Å². The third kappa shape index (κ3) is 21.7. The molecule has 2 aliphatic rings. The molecule has 248 valence electrons. The molecule has 3 rings (SSSR count). The molecule has 0 radical (unpaired) electrons. The zero-order chi connectivity index (χ0) is 32.3. The minimum atomic E-state index is -0.470. The van der Waals surface area contributed by atoms with Gasteiger partial charge in [0.15, 0.2) is 0 Å². The Morgan fingerprint density at radius 1 is 0.727 bits per heavy atom. The van der Waals surface area contributed by atoms with Gasteiger partial charge in [-0.2, -0.15) is 0 Å². The molecule has 0 aliphatic heterocycles. The van der Waals surface area contributed by atoms with Gasteiger partial charge in [0.2, 0.25) is 0 Å². The first kappa shape index (κ1) is 39.0. The fourth-order valence-electron chi connectivity index (χ4n) is 4.35. The molecule has 0 heterocycles. The SMILES string of the molecule is CC.CC(C)(C)OC(=O)NCCOCCCCCCCCOc1ccc(OCC2=CCCC=C2)cc1.CCC1=CCCC=C1. The van der Waals surface area contributed by atoms with Gasteiger partial charge in [-0.05, 0) is 95.6 Å². The van der Waals surface area contributed by atoms with E-state index in [9.17, 15) is 4.79 Å². The topological polar surface area (TPSA) is 66.0 Å². The van der Waals surface area contributed by atoms with Crippen molar-refractivity contribution < 1.29 is 23.7 Å². The van der Waals surface area contributed by atoms with E-state index in [1.54, 1.807) is 0 Å². The molecule has 0 spiro atoms. The first-order valence-corrected chi connectivity index (χ1v) is 17.0. The maximum Gasteiger partial charge on any atom is 0.407 e. The zero-order valence-corrected chi connectivity index (χ0v) is 28.6. The Morgan fingerprint density at radius 3 is 1.80 bits per heavy atom. The number of hydrogen-bond acceptors (Lipinski definition) is 5. The van der Waals surface area contributed by atoms with Crippen LogP contribution in [0.3, 0.4) is 0 Å². The van der Waals surface area contributed by atoms with Crippen LogP contribution in [-0.4, -0.2) is 44.7 Å². The Morgan fingerprint density at radius 2 is 1.27 bits per heavy atom. The van der Waals surface area contributed by atoms with Crippen molar-refractivity contribution in [2.75, 3.05) is 33.0 Å². The highest BCUT2D eigenvalue weighted by Crippen LogP contribution is 2.20. The predicted molar refractivity (Wildman–Crippen MR) is 185 cm³/mol. The van der Waals surface area contributed by atoms with E-state index in [2.05, 4.69) is 48.7 Å². The molecular weight excluding hydrogens is 550 g/mol. The second-order valence-electron chi connectivity index (χ2n) is 11.6. The third-order valence-electron chi connectivity index (χ3n) is 6.65. The van der Waals surface area contributed by atoms with Crippen molar-refractivity contribution in [1.29, 1.82) is 0 Å². The van der Waals surface area contributed by atoms with Gasteiger partial charge in [0.1, 0.15) is 23.7 Å². The molecule has 0 bridgehead atoms. The fourth-order valence-corrected chi connectivity index (χ4v) is 4.35. The summed E-state index contributed by atoms with van der Waals surface area (Å²) in [4.78, 5) is 11.5. The molecule has 44 heavy (non-hydrogen) atoms. The van der Waals surface area contributed by atoms with Gasteiger partial charge in [-0.1, -0.05) is 88.5 Å². The second kappa shape index (κ2) is 25.3. The molecule has 0 unspecified atom stereocenters. The molecule has 1 aromatic carbocycles. The first-order valence-electron chi connectivity index (χ1n) is 17.0. The number of alkyl carbamates (subject to hydrolysis) is 1. The largest absolute Gasteiger partial charge is 0.494 e. The van der Waals surface area contributed by atoms with Crippen molar-refractivity contribution >= 4 is 6.09 Å². The third-order valence-corrected chi connectivity index (χ3v) is 6.65. The minimum absolute atomic E-state index is 0.396. The number of ether oxygens (including phenoxy) is 4. The van der Waals surface area contributed by atoms with Crippen LogP contribution in [0.5, 0.6) is 11.5 Å². The lowest BCUT2D eigenvalue weighted by Crippen LogP contribution is -2.34. The van der Waals surface area contributed by atoms with Gasteiger partial charge in [0, 0.05) is 13.2 Å². The zero-order valence-electron chi connectivity index (χ0n) is 28.6. The minimum Gasteiger partial charge on any atom is -0.494 e. The number of allylic oxidation sites excluding steroid dienone is 6. The average molecular weight is 612 g/mol. The van der Waals surface area contributed by atoms with Gasteiger partial charge in [0.05, 0.1) is 13.2 Å². The Labute approximate surface area is 269 Å². The molecular formula is C38H61NO5. The molecule has 0 aromatic heterocycles. The van der Waals surface area contributed by atoms with Crippen LogP contribution in [0, 0.1) is 0 Å². The quantitative estimate of drug-likeness (QED) is 0.178. The molecule has 1 N–H and O–H groups in total. The Balaban J connectivity index is 0.000000824. The van der Waals surface area contributed by atoms with E-state index < -0.39 is 11.7 Å². The molecule has 0 atom stereocenters. The van der Waals surface area contributed by atoms with Crippen LogP contribution in [0.25, 0.3) is 0 Å². The van der Waals surface area contributed by atoms with Gasteiger partial charge < -0.3 is 24.3 Å². The number of amides is 1. The lowest BCUT2D eigenvalue weighted by atomic mass is 10.1. The summed E-state index contributed by atoms with van der Waals surface area (Å²) in [5.41, 5.74) is 2.27. The lowest BCUT2D eigenvalue weighted by molar-refractivity contribution is 0.0498. The van der Waals surface area contributed by atoms with E-state index in [-0.39, 0.29) is 0 Å². The number of nitrogens with one attached hydrogen (secondary N) is 1. The Bertz CT molecular complexity index is 985. The summed E-state index contributed by atoms with van der Waals surface area (Å²) in [7, 11) is 0. The van der Waals surface area contributed by atoms with E-state index in [1.807, 2.05) is 58.9 Å². The molecule has 0 fully saturated rings. The van der Waals surface area contributed by atoms with Gasteiger partial charge in [-0.15, -0.1) is 0 Å². The summed E-state index contributed by atoms with van der Waals surface area (Å²) in [6, 6.07) is 7.89. The van der Waals surface area contributed by atoms with E-state index in [0.29, 0.717) is 19.8 Å². The van der Waals surface area contributed by atoms with E-state index in [1.165, 1.54) is 49.7 Å². The second-order valence-corrected chi connectivity index (χ2v) is 11.6. The van der Waals surface area contributed by atoms with E-state index >= 15 is 0 Å². The number of carbonyl (C=O) groups excluding carboxylic acids is 1. The highest BCUT2D eigenvalue weighted by atomic mass is 16.6. The maximum absolute atomic E-state index is 11.5. The first-order chi connectivity index (χ1) is 21.4. The number of unbranched alkanes of at least 4 members (excludes halogenated alkanes) is 5. The summed E-state index contributed by atoms with van der Waals surface area (Å²) >= 11 is 0. The van der Waals surface area contributed by atoms with Gasteiger partial charge >= 0.3 is 6.09 Å². The van der Waals surface area contributed by atoms with Crippen molar-refractivity contribution in [3.05, 3.63) is 71.9 Å². The van der Waals surface area contributed by atoms with Gasteiger partial charge in [0.25, 0.3) is 0 Å². The number of rotatable bonds is 17. The Kier molecular flexibility index (Phi) is 22.5. The van der Waals surface area contributed by atoms with Crippen LogP contribution in [0.4, 0.5) is 4.79 Å².